The van der Waals surface area contributed by atoms with Crippen LogP contribution in [0.1, 0.15) is 174 Å². The van der Waals surface area contributed by atoms with Crippen LogP contribution in [0.2, 0.25) is 0 Å². The first-order valence-electron chi connectivity index (χ1n) is 18.2. The zero-order chi connectivity index (χ0) is 35.2. The van der Waals surface area contributed by atoms with Crippen molar-refractivity contribution in [2.24, 2.45) is 44.3 Å². The van der Waals surface area contributed by atoms with Gasteiger partial charge in [-0.2, -0.15) is 0 Å². The lowest BCUT2D eigenvalue weighted by molar-refractivity contribution is -0.139. The Bertz CT molecular complexity index is 1070. The van der Waals surface area contributed by atoms with E-state index in [1.165, 1.54) is 11.1 Å². The quantitative estimate of drug-likeness (QED) is 0.130. The van der Waals surface area contributed by atoms with E-state index in [1.807, 2.05) is 6.92 Å². The maximum absolute atomic E-state index is 14.7. The molecule has 0 fully saturated rings. The van der Waals surface area contributed by atoms with Gasteiger partial charge in [-0.05, 0) is 89.4 Å². The summed E-state index contributed by atoms with van der Waals surface area (Å²) in [7, 11) is 0. The van der Waals surface area contributed by atoms with E-state index in [1.54, 1.807) is 0 Å². The second kappa shape index (κ2) is 15.7. The van der Waals surface area contributed by atoms with Crippen LogP contribution in [0.3, 0.4) is 0 Å². The fourth-order valence-electron chi connectivity index (χ4n) is 8.54. The minimum atomic E-state index is -0.475. The number of hydrogen-bond donors (Lipinski definition) is 1. The molecule has 6 atom stereocenters. The van der Waals surface area contributed by atoms with Gasteiger partial charge in [0.1, 0.15) is 5.78 Å². The van der Waals surface area contributed by atoms with Crippen molar-refractivity contribution in [2.75, 3.05) is 0 Å². The highest BCUT2D eigenvalue weighted by atomic mass is 16.3. The first kappa shape index (κ1) is 41.6. The summed E-state index contributed by atoms with van der Waals surface area (Å²) in [5.74, 6) is 1.32. The molecule has 45 heavy (non-hydrogen) atoms. The zero-order valence-electron chi connectivity index (χ0n) is 32.9. The minimum Gasteiger partial charge on any atom is -0.393 e. The van der Waals surface area contributed by atoms with Crippen molar-refractivity contribution in [1.82, 2.24) is 0 Å². The van der Waals surface area contributed by atoms with Gasteiger partial charge in [0.15, 0.2) is 0 Å². The van der Waals surface area contributed by atoms with E-state index < -0.39 is 5.41 Å². The third-order valence-corrected chi connectivity index (χ3v) is 13.0. The molecule has 0 aliphatic carbocycles. The third kappa shape index (κ3) is 10.3. The molecule has 0 bridgehead atoms. The van der Waals surface area contributed by atoms with Crippen LogP contribution >= 0.6 is 0 Å². The Hall–Kier alpha value is -1.41. The lowest BCUT2D eigenvalue weighted by Crippen LogP contribution is -2.50. The number of Topliss-reactive ketones (excluding diaryl/α,β-unsaturated/α-hetero) is 1. The molecule has 260 valence electrons. The van der Waals surface area contributed by atoms with E-state index in [0.717, 1.165) is 44.9 Å². The van der Waals surface area contributed by atoms with Crippen molar-refractivity contribution in [2.45, 2.75) is 174 Å². The lowest BCUT2D eigenvalue weighted by atomic mass is 9.48. The van der Waals surface area contributed by atoms with Crippen LogP contribution in [0, 0.1) is 44.3 Å². The van der Waals surface area contributed by atoms with E-state index in [4.69, 9.17) is 0 Å². The number of rotatable bonds is 18. The standard InChI is InChI=1S/C43H76O2/c1-18-35(44)27-23-20-24-28-37(45)42(16,30-41(14,15)33(5)43(17,31(2)3)39(9,10)11)32(4)40(12,13)29-36(38(6,7)8)34-25-21-19-22-26-34/h19,21-22,25-26,32-33,35-36,44H,2,18,20,23-24,27-30H2,1,3-17H3. The number of hydrogen-bond acceptors (Lipinski definition) is 2. The van der Waals surface area contributed by atoms with Gasteiger partial charge in [0.2, 0.25) is 0 Å². The number of aliphatic hydroxyl groups is 1. The topological polar surface area (TPSA) is 37.3 Å². The SMILES string of the molecule is C=C(C)C(C)(C(C)C(C)(C)CC(C)(C(=O)CCCCCC(O)CC)C(C)C(C)(C)CC(c1ccccc1)C(C)(C)C)C(C)(C)C. The summed E-state index contributed by atoms with van der Waals surface area (Å²) >= 11 is 0. The molecule has 0 saturated carbocycles. The first-order chi connectivity index (χ1) is 20.3. The van der Waals surface area contributed by atoms with Gasteiger partial charge in [0.25, 0.3) is 0 Å². The maximum atomic E-state index is 14.7. The molecule has 1 aromatic carbocycles. The summed E-state index contributed by atoms with van der Waals surface area (Å²) in [5, 5.41) is 10.0. The van der Waals surface area contributed by atoms with Gasteiger partial charge in [0, 0.05) is 11.8 Å². The van der Waals surface area contributed by atoms with Crippen molar-refractivity contribution in [1.29, 1.82) is 0 Å². The van der Waals surface area contributed by atoms with E-state index in [-0.39, 0.29) is 39.1 Å². The van der Waals surface area contributed by atoms with Crippen molar-refractivity contribution in [3.63, 3.8) is 0 Å². The zero-order valence-corrected chi connectivity index (χ0v) is 32.9. The Balaban J connectivity index is 3.58. The number of allylic oxidation sites excluding steroid dienone is 1. The molecule has 0 spiro atoms. The molecular weight excluding hydrogens is 548 g/mol. The molecule has 0 radical (unpaired) electrons. The molecule has 1 rings (SSSR count). The molecule has 0 aliphatic heterocycles. The summed E-state index contributed by atoms with van der Waals surface area (Å²) in [6, 6.07) is 11.0. The smallest absolute Gasteiger partial charge is 0.139 e. The van der Waals surface area contributed by atoms with Gasteiger partial charge in [-0.3, -0.25) is 4.79 Å². The summed E-state index contributed by atoms with van der Waals surface area (Å²) in [4.78, 5) is 14.7. The number of unbranched alkanes of at least 4 members (excludes halogenated alkanes) is 2. The number of carbonyl (C=O) groups excluding carboxylic acids is 1. The van der Waals surface area contributed by atoms with Crippen molar-refractivity contribution >= 4 is 5.78 Å². The van der Waals surface area contributed by atoms with Gasteiger partial charge in [-0.25, -0.2) is 0 Å². The molecule has 2 heteroatoms. The molecule has 2 nitrogen and oxygen atoms in total. The fraction of sp³-hybridized carbons (Fsp3) is 0.791. The van der Waals surface area contributed by atoms with E-state index in [9.17, 15) is 9.90 Å². The Labute approximate surface area is 281 Å². The van der Waals surface area contributed by atoms with Gasteiger partial charge in [-0.1, -0.05) is 159 Å². The molecule has 0 heterocycles. The highest BCUT2D eigenvalue weighted by molar-refractivity contribution is 5.85. The predicted octanol–water partition coefficient (Wildman–Crippen LogP) is 12.8. The second-order valence-corrected chi connectivity index (χ2v) is 18.9. The molecule has 0 amide bonds. The van der Waals surface area contributed by atoms with Crippen LogP contribution in [0.5, 0.6) is 0 Å². The highest BCUT2D eigenvalue weighted by Crippen LogP contribution is 2.60. The van der Waals surface area contributed by atoms with Gasteiger partial charge in [0.05, 0.1) is 6.10 Å². The second-order valence-electron chi connectivity index (χ2n) is 18.9. The third-order valence-electron chi connectivity index (χ3n) is 13.0. The van der Waals surface area contributed by atoms with Gasteiger partial charge in [-0.15, -0.1) is 0 Å². The monoisotopic (exact) mass is 625 g/mol. The molecule has 1 N–H and O–H groups in total. The predicted molar refractivity (Wildman–Crippen MR) is 199 cm³/mol. The van der Waals surface area contributed by atoms with Crippen LogP contribution in [-0.4, -0.2) is 17.0 Å². The molecule has 0 aromatic heterocycles. The van der Waals surface area contributed by atoms with Gasteiger partial charge >= 0.3 is 0 Å². The number of aliphatic hydroxyl groups excluding tert-OH is 1. The van der Waals surface area contributed by atoms with Crippen molar-refractivity contribution in [3.8, 4) is 0 Å². The largest absolute Gasteiger partial charge is 0.393 e. The van der Waals surface area contributed by atoms with E-state index in [0.29, 0.717) is 24.0 Å². The van der Waals surface area contributed by atoms with Crippen LogP contribution in [0.25, 0.3) is 0 Å². The Morgan fingerprint density at radius 1 is 0.800 bits per heavy atom. The number of ketones is 1. The van der Waals surface area contributed by atoms with Crippen LogP contribution < -0.4 is 0 Å². The Morgan fingerprint density at radius 2 is 1.33 bits per heavy atom. The molecule has 6 unspecified atom stereocenters. The van der Waals surface area contributed by atoms with Crippen LogP contribution in [0.15, 0.2) is 42.5 Å². The van der Waals surface area contributed by atoms with Crippen molar-refractivity contribution in [3.05, 3.63) is 48.0 Å². The average molecular weight is 625 g/mol. The fourth-order valence-corrected chi connectivity index (χ4v) is 8.54. The summed E-state index contributed by atoms with van der Waals surface area (Å²) in [6.45, 7) is 42.0. The normalized spacial score (nSPS) is 18.8. The minimum absolute atomic E-state index is 0.0412. The van der Waals surface area contributed by atoms with E-state index >= 15 is 0 Å². The van der Waals surface area contributed by atoms with Crippen molar-refractivity contribution < 1.29 is 9.90 Å². The van der Waals surface area contributed by atoms with Crippen LogP contribution in [-0.2, 0) is 4.79 Å². The lowest BCUT2D eigenvalue weighted by Gasteiger charge is -2.56. The molecule has 0 saturated heterocycles. The maximum Gasteiger partial charge on any atom is 0.139 e. The first-order valence-corrected chi connectivity index (χ1v) is 18.2. The number of carbonyl (C=O) groups is 1. The molecule has 0 aliphatic rings. The van der Waals surface area contributed by atoms with Crippen LogP contribution in [0.4, 0.5) is 0 Å². The number of benzene rings is 1. The summed E-state index contributed by atoms with van der Waals surface area (Å²) < 4.78 is 0. The molecular formula is C43H76O2. The Kier molecular flexibility index (Phi) is 14.5. The van der Waals surface area contributed by atoms with Gasteiger partial charge < -0.3 is 5.11 Å². The highest BCUT2D eigenvalue weighted by Gasteiger charge is 2.54. The molecule has 1 aromatic rings. The summed E-state index contributed by atoms with van der Waals surface area (Å²) in [5.41, 5.74) is 2.05. The summed E-state index contributed by atoms with van der Waals surface area (Å²) in [6.07, 6.45) is 6.77. The van der Waals surface area contributed by atoms with E-state index in [2.05, 4.69) is 141 Å². The Morgan fingerprint density at radius 3 is 1.78 bits per heavy atom. The average Bonchev–Trinajstić information content (AvgIpc) is 2.92.